The topological polar surface area (TPSA) is 60.9 Å². The van der Waals surface area contributed by atoms with E-state index in [2.05, 4.69) is 33.9 Å². The van der Waals surface area contributed by atoms with E-state index in [-0.39, 0.29) is 6.03 Å². The van der Waals surface area contributed by atoms with Gasteiger partial charge in [0.2, 0.25) is 0 Å². The van der Waals surface area contributed by atoms with Crippen LogP contribution in [-0.4, -0.2) is 79.3 Å². The van der Waals surface area contributed by atoms with Gasteiger partial charge in [-0.1, -0.05) is 0 Å². The van der Waals surface area contributed by atoms with Gasteiger partial charge in [-0.25, -0.2) is 4.79 Å². The standard InChI is InChI=1S/C19H31N5O2/c1-15(2)22-8-5-16(6-9-22)21-19(25)24-12-10-23(11-13-24)17-4-7-20-14-18(17)26-3/h4,7,14-16H,5-6,8-13H2,1-3H3,(H,21,25). The van der Waals surface area contributed by atoms with Gasteiger partial charge in [-0.3, -0.25) is 4.98 Å². The number of hydrogen-bond donors (Lipinski definition) is 1. The van der Waals surface area contributed by atoms with Crippen molar-refractivity contribution in [2.24, 2.45) is 0 Å². The molecule has 0 spiro atoms. The second kappa shape index (κ2) is 8.58. The number of carbonyl (C=O) groups excluding carboxylic acids is 1. The van der Waals surface area contributed by atoms with Gasteiger partial charge in [0.05, 0.1) is 19.0 Å². The van der Waals surface area contributed by atoms with E-state index < -0.39 is 0 Å². The van der Waals surface area contributed by atoms with Crippen LogP contribution in [0, 0.1) is 0 Å². The fourth-order valence-electron chi connectivity index (χ4n) is 3.77. The maximum atomic E-state index is 12.6. The van der Waals surface area contributed by atoms with E-state index in [9.17, 15) is 4.79 Å². The van der Waals surface area contributed by atoms with Crippen LogP contribution in [0.4, 0.5) is 10.5 Å². The lowest BCUT2D eigenvalue weighted by Crippen LogP contribution is -2.55. The van der Waals surface area contributed by atoms with Crippen LogP contribution in [0.3, 0.4) is 0 Å². The summed E-state index contributed by atoms with van der Waals surface area (Å²) in [5.41, 5.74) is 1.05. The first-order chi connectivity index (χ1) is 12.6. The summed E-state index contributed by atoms with van der Waals surface area (Å²) in [4.78, 5) is 23.4. The number of methoxy groups -OCH3 is 1. The minimum Gasteiger partial charge on any atom is -0.493 e. The molecule has 3 heterocycles. The number of piperidine rings is 1. The SMILES string of the molecule is COc1cnccc1N1CCN(C(=O)NC2CCN(C(C)C)CC2)CC1. The van der Waals surface area contributed by atoms with Gasteiger partial charge in [0.15, 0.2) is 5.75 Å². The Hall–Kier alpha value is -2.02. The van der Waals surface area contributed by atoms with Crippen molar-refractivity contribution in [1.29, 1.82) is 0 Å². The second-order valence-electron chi connectivity index (χ2n) is 7.38. The maximum absolute atomic E-state index is 12.6. The quantitative estimate of drug-likeness (QED) is 0.886. The summed E-state index contributed by atoms with van der Waals surface area (Å²) < 4.78 is 5.40. The zero-order chi connectivity index (χ0) is 18.5. The Labute approximate surface area is 156 Å². The molecule has 2 fully saturated rings. The number of pyridine rings is 1. The number of rotatable bonds is 4. The zero-order valence-corrected chi connectivity index (χ0v) is 16.1. The number of amides is 2. The third-order valence-electron chi connectivity index (χ3n) is 5.48. The van der Waals surface area contributed by atoms with Gasteiger partial charge in [0.1, 0.15) is 0 Å². The molecule has 2 aliphatic heterocycles. The number of hydrogen-bond acceptors (Lipinski definition) is 5. The molecule has 144 valence electrons. The van der Waals surface area contributed by atoms with Gasteiger partial charge in [0.25, 0.3) is 0 Å². The minimum absolute atomic E-state index is 0.0781. The molecule has 0 atom stereocenters. The number of aromatic nitrogens is 1. The maximum Gasteiger partial charge on any atom is 0.317 e. The first kappa shape index (κ1) is 18.8. The van der Waals surface area contributed by atoms with Gasteiger partial charge >= 0.3 is 6.03 Å². The number of likely N-dealkylation sites (tertiary alicyclic amines) is 1. The van der Waals surface area contributed by atoms with Crippen molar-refractivity contribution in [1.82, 2.24) is 20.1 Å². The molecule has 0 bridgehead atoms. The summed E-state index contributed by atoms with van der Waals surface area (Å²) >= 11 is 0. The fraction of sp³-hybridized carbons (Fsp3) is 0.684. The summed E-state index contributed by atoms with van der Waals surface area (Å²) in [6.07, 6.45) is 5.59. The molecule has 2 saturated heterocycles. The first-order valence-corrected chi connectivity index (χ1v) is 9.61. The molecule has 0 saturated carbocycles. The smallest absolute Gasteiger partial charge is 0.317 e. The normalized spacial score (nSPS) is 19.7. The summed E-state index contributed by atoms with van der Waals surface area (Å²) in [6.45, 7) is 9.66. The van der Waals surface area contributed by atoms with E-state index in [1.54, 1.807) is 19.5 Å². The third kappa shape index (κ3) is 4.38. The minimum atomic E-state index is 0.0781. The predicted molar refractivity (Wildman–Crippen MR) is 103 cm³/mol. The molecule has 1 N–H and O–H groups in total. The van der Waals surface area contributed by atoms with Crippen molar-refractivity contribution in [3.8, 4) is 5.75 Å². The molecule has 0 aliphatic carbocycles. The Morgan fingerprint density at radius 2 is 1.88 bits per heavy atom. The Kier molecular flexibility index (Phi) is 6.19. The number of urea groups is 1. The van der Waals surface area contributed by atoms with Gasteiger partial charge in [-0.05, 0) is 32.8 Å². The van der Waals surface area contributed by atoms with Crippen LogP contribution in [0.15, 0.2) is 18.5 Å². The van der Waals surface area contributed by atoms with Crippen molar-refractivity contribution < 1.29 is 9.53 Å². The Morgan fingerprint density at radius 3 is 2.50 bits per heavy atom. The van der Waals surface area contributed by atoms with Gasteiger partial charge < -0.3 is 24.8 Å². The molecule has 26 heavy (non-hydrogen) atoms. The van der Waals surface area contributed by atoms with Crippen molar-refractivity contribution in [2.45, 2.75) is 38.8 Å². The highest BCUT2D eigenvalue weighted by atomic mass is 16.5. The van der Waals surface area contributed by atoms with Crippen LogP contribution in [0.25, 0.3) is 0 Å². The predicted octanol–water partition coefficient (Wildman–Crippen LogP) is 1.79. The Balaban J connectivity index is 1.47. The summed E-state index contributed by atoms with van der Waals surface area (Å²) in [5.74, 6) is 0.780. The van der Waals surface area contributed by atoms with Crippen molar-refractivity contribution in [2.75, 3.05) is 51.3 Å². The Morgan fingerprint density at radius 1 is 1.19 bits per heavy atom. The van der Waals surface area contributed by atoms with Gasteiger partial charge in [0, 0.05) is 57.5 Å². The lowest BCUT2D eigenvalue weighted by molar-refractivity contribution is 0.151. The van der Waals surface area contributed by atoms with E-state index in [4.69, 9.17) is 4.74 Å². The molecule has 3 rings (SSSR count). The molecule has 1 aromatic rings. The molecule has 1 aromatic heterocycles. The van der Waals surface area contributed by atoms with Gasteiger partial charge in [-0.15, -0.1) is 0 Å². The largest absolute Gasteiger partial charge is 0.493 e. The summed E-state index contributed by atoms with van der Waals surface area (Å²) in [7, 11) is 1.66. The number of nitrogens with one attached hydrogen (secondary N) is 1. The van der Waals surface area contributed by atoms with Crippen LogP contribution in [-0.2, 0) is 0 Å². The molecule has 2 amide bonds. The number of piperazine rings is 1. The van der Waals surface area contributed by atoms with Crippen LogP contribution in [0.2, 0.25) is 0 Å². The molecular formula is C19H31N5O2. The first-order valence-electron chi connectivity index (χ1n) is 9.61. The number of nitrogens with zero attached hydrogens (tertiary/aromatic N) is 4. The number of ether oxygens (including phenoxy) is 1. The van der Waals surface area contributed by atoms with E-state index in [0.717, 1.165) is 63.5 Å². The molecular weight excluding hydrogens is 330 g/mol. The summed E-state index contributed by atoms with van der Waals surface area (Å²) in [6, 6.07) is 2.94. The van der Waals surface area contributed by atoms with E-state index in [0.29, 0.717) is 12.1 Å². The number of anilines is 1. The molecule has 7 nitrogen and oxygen atoms in total. The monoisotopic (exact) mass is 361 g/mol. The molecule has 7 heteroatoms. The highest BCUT2D eigenvalue weighted by Crippen LogP contribution is 2.27. The third-order valence-corrected chi connectivity index (χ3v) is 5.48. The summed E-state index contributed by atoms with van der Waals surface area (Å²) in [5, 5.41) is 3.23. The van der Waals surface area contributed by atoms with Crippen molar-refractivity contribution >= 4 is 11.7 Å². The Bertz CT molecular complexity index is 593. The average Bonchev–Trinajstić information content (AvgIpc) is 2.68. The van der Waals surface area contributed by atoms with E-state index in [1.165, 1.54) is 0 Å². The van der Waals surface area contributed by atoms with Crippen LogP contribution >= 0.6 is 0 Å². The fourth-order valence-corrected chi connectivity index (χ4v) is 3.77. The lowest BCUT2D eigenvalue weighted by Gasteiger charge is -2.38. The lowest BCUT2D eigenvalue weighted by atomic mass is 10.0. The van der Waals surface area contributed by atoms with Crippen LogP contribution in [0.1, 0.15) is 26.7 Å². The van der Waals surface area contributed by atoms with E-state index >= 15 is 0 Å². The molecule has 2 aliphatic rings. The number of carbonyl (C=O) groups is 1. The van der Waals surface area contributed by atoms with Crippen LogP contribution < -0.4 is 15.0 Å². The van der Waals surface area contributed by atoms with Crippen molar-refractivity contribution in [3.63, 3.8) is 0 Å². The van der Waals surface area contributed by atoms with Gasteiger partial charge in [-0.2, -0.15) is 0 Å². The second-order valence-corrected chi connectivity index (χ2v) is 7.38. The van der Waals surface area contributed by atoms with Crippen LogP contribution in [0.5, 0.6) is 5.75 Å². The highest BCUT2D eigenvalue weighted by molar-refractivity contribution is 5.75. The molecule has 0 aromatic carbocycles. The zero-order valence-electron chi connectivity index (χ0n) is 16.1. The highest BCUT2D eigenvalue weighted by Gasteiger charge is 2.26. The van der Waals surface area contributed by atoms with Crippen molar-refractivity contribution in [3.05, 3.63) is 18.5 Å². The molecule has 0 unspecified atom stereocenters. The average molecular weight is 361 g/mol. The van der Waals surface area contributed by atoms with E-state index in [1.807, 2.05) is 11.0 Å². The molecule has 0 radical (unpaired) electrons.